The fourth-order valence-corrected chi connectivity index (χ4v) is 3.00. The summed E-state index contributed by atoms with van der Waals surface area (Å²) in [5.41, 5.74) is 2.49. The van der Waals surface area contributed by atoms with Gasteiger partial charge in [0.1, 0.15) is 0 Å². The van der Waals surface area contributed by atoms with Gasteiger partial charge in [-0.05, 0) is 29.8 Å². The van der Waals surface area contributed by atoms with E-state index in [-0.39, 0.29) is 0 Å². The first-order valence-corrected chi connectivity index (χ1v) is 7.64. The second kappa shape index (κ2) is 5.85. The fourth-order valence-electron chi connectivity index (χ4n) is 3.00. The second-order valence-corrected chi connectivity index (χ2v) is 5.66. The van der Waals surface area contributed by atoms with Gasteiger partial charge in [-0.3, -0.25) is 9.88 Å². The molecule has 0 amide bonds. The maximum absolute atomic E-state index is 5.45. The maximum Gasteiger partial charge on any atom is 0.231 e. The van der Waals surface area contributed by atoms with Crippen molar-refractivity contribution < 1.29 is 9.47 Å². The van der Waals surface area contributed by atoms with Crippen LogP contribution in [0.25, 0.3) is 0 Å². The van der Waals surface area contributed by atoms with Crippen molar-refractivity contribution in [2.45, 2.75) is 6.54 Å². The predicted molar refractivity (Wildman–Crippen MR) is 84.3 cm³/mol. The van der Waals surface area contributed by atoms with Crippen molar-refractivity contribution in [1.29, 1.82) is 0 Å². The lowest BCUT2D eigenvalue weighted by Crippen LogP contribution is -2.45. The smallest absolute Gasteiger partial charge is 0.231 e. The highest BCUT2D eigenvalue weighted by Gasteiger charge is 2.19. The predicted octanol–water partition coefficient (Wildman–Crippen LogP) is 2.13. The number of nitrogens with zero attached hydrogens (tertiary/aromatic N) is 3. The molecule has 2 aliphatic heterocycles. The quantitative estimate of drug-likeness (QED) is 0.867. The summed E-state index contributed by atoms with van der Waals surface area (Å²) in [4.78, 5) is 9.07. The minimum Gasteiger partial charge on any atom is -0.454 e. The second-order valence-electron chi connectivity index (χ2n) is 5.66. The first-order valence-electron chi connectivity index (χ1n) is 7.64. The Bertz CT molecular complexity index is 640. The summed E-state index contributed by atoms with van der Waals surface area (Å²) in [5, 5.41) is 0. The summed E-state index contributed by atoms with van der Waals surface area (Å²) in [7, 11) is 0. The molecule has 0 aliphatic carbocycles. The molecule has 114 valence electrons. The molecule has 1 aromatic carbocycles. The lowest BCUT2D eigenvalue weighted by molar-refractivity contribution is 0.174. The van der Waals surface area contributed by atoms with E-state index in [9.17, 15) is 0 Å². The van der Waals surface area contributed by atoms with Crippen molar-refractivity contribution in [1.82, 2.24) is 9.88 Å². The number of benzene rings is 1. The van der Waals surface area contributed by atoms with E-state index in [1.807, 2.05) is 24.5 Å². The average Bonchev–Trinajstić information content (AvgIpc) is 3.04. The van der Waals surface area contributed by atoms with E-state index in [1.165, 1.54) is 11.3 Å². The van der Waals surface area contributed by atoms with Gasteiger partial charge in [-0.15, -0.1) is 0 Å². The molecule has 4 rings (SSSR count). The molecule has 0 unspecified atom stereocenters. The van der Waals surface area contributed by atoms with Gasteiger partial charge in [0.2, 0.25) is 6.79 Å². The molecule has 0 bridgehead atoms. The van der Waals surface area contributed by atoms with E-state index in [2.05, 4.69) is 33.0 Å². The van der Waals surface area contributed by atoms with Crippen LogP contribution in [0.2, 0.25) is 0 Å². The maximum atomic E-state index is 5.45. The molecule has 0 N–H and O–H groups in total. The van der Waals surface area contributed by atoms with Gasteiger partial charge in [0, 0.05) is 38.9 Å². The van der Waals surface area contributed by atoms with Crippen LogP contribution in [0, 0.1) is 0 Å². The van der Waals surface area contributed by atoms with Crippen molar-refractivity contribution in [3.63, 3.8) is 0 Å². The Kier molecular flexibility index (Phi) is 3.56. The van der Waals surface area contributed by atoms with Crippen LogP contribution in [0.15, 0.2) is 42.7 Å². The minimum absolute atomic E-state index is 0.336. The third-order valence-electron chi connectivity index (χ3n) is 4.23. The van der Waals surface area contributed by atoms with Gasteiger partial charge in [0.05, 0.1) is 11.9 Å². The molecule has 1 aromatic heterocycles. The topological polar surface area (TPSA) is 37.8 Å². The van der Waals surface area contributed by atoms with Gasteiger partial charge >= 0.3 is 0 Å². The lowest BCUT2D eigenvalue weighted by atomic mass is 10.1. The molecule has 1 fully saturated rings. The van der Waals surface area contributed by atoms with E-state index < -0.39 is 0 Å². The van der Waals surface area contributed by atoms with Crippen LogP contribution < -0.4 is 14.4 Å². The summed E-state index contributed by atoms with van der Waals surface area (Å²) in [6.07, 6.45) is 3.76. The molecule has 3 heterocycles. The fraction of sp³-hybridized carbons (Fsp3) is 0.353. The Hall–Kier alpha value is -2.27. The molecule has 0 spiro atoms. The molecule has 22 heavy (non-hydrogen) atoms. The standard InChI is InChI=1S/C17H19N3O2/c1-2-15(11-18-5-1)20-8-6-19(7-9-20)12-14-3-4-16-17(10-14)22-13-21-16/h1-5,10-11H,6-9,12-13H2. The van der Waals surface area contributed by atoms with Crippen LogP contribution in [0.3, 0.4) is 0 Å². The van der Waals surface area contributed by atoms with E-state index in [1.54, 1.807) is 0 Å². The Morgan fingerprint density at radius 2 is 1.86 bits per heavy atom. The highest BCUT2D eigenvalue weighted by Crippen LogP contribution is 2.32. The molecule has 5 heteroatoms. The van der Waals surface area contributed by atoms with Crippen molar-refractivity contribution >= 4 is 5.69 Å². The van der Waals surface area contributed by atoms with Crippen molar-refractivity contribution in [2.75, 3.05) is 37.9 Å². The third kappa shape index (κ3) is 2.72. The number of fused-ring (bicyclic) bond motifs is 1. The number of aromatic nitrogens is 1. The number of anilines is 1. The zero-order valence-electron chi connectivity index (χ0n) is 12.4. The molecule has 2 aromatic rings. The third-order valence-corrected chi connectivity index (χ3v) is 4.23. The van der Waals surface area contributed by atoms with Gasteiger partial charge in [-0.25, -0.2) is 0 Å². The number of hydrogen-bond donors (Lipinski definition) is 0. The molecular weight excluding hydrogens is 278 g/mol. The van der Waals surface area contributed by atoms with Crippen molar-refractivity contribution in [3.8, 4) is 11.5 Å². The summed E-state index contributed by atoms with van der Waals surface area (Å²) in [5.74, 6) is 1.72. The summed E-state index contributed by atoms with van der Waals surface area (Å²) >= 11 is 0. The Balaban J connectivity index is 1.36. The molecule has 0 radical (unpaired) electrons. The monoisotopic (exact) mass is 297 g/mol. The highest BCUT2D eigenvalue weighted by molar-refractivity contribution is 5.45. The van der Waals surface area contributed by atoms with E-state index in [4.69, 9.17) is 9.47 Å². The average molecular weight is 297 g/mol. The van der Waals surface area contributed by atoms with E-state index >= 15 is 0 Å². The van der Waals surface area contributed by atoms with Crippen LogP contribution in [0.4, 0.5) is 5.69 Å². The molecule has 0 saturated carbocycles. The molecule has 2 aliphatic rings. The van der Waals surface area contributed by atoms with Crippen LogP contribution >= 0.6 is 0 Å². The lowest BCUT2D eigenvalue weighted by Gasteiger charge is -2.35. The number of hydrogen-bond acceptors (Lipinski definition) is 5. The summed E-state index contributed by atoms with van der Waals surface area (Å²) < 4.78 is 10.8. The molecule has 0 atom stereocenters. The highest BCUT2D eigenvalue weighted by atomic mass is 16.7. The Morgan fingerprint density at radius 1 is 1.00 bits per heavy atom. The molecule has 1 saturated heterocycles. The van der Waals surface area contributed by atoms with Gasteiger partial charge in [0.15, 0.2) is 11.5 Å². The Morgan fingerprint density at radius 3 is 2.68 bits per heavy atom. The number of pyridine rings is 1. The van der Waals surface area contributed by atoms with Crippen molar-refractivity contribution in [3.05, 3.63) is 48.3 Å². The Labute approximate surface area is 130 Å². The van der Waals surface area contributed by atoms with Gasteiger partial charge < -0.3 is 14.4 Å². The number of piperazine rings is 1. The first kappa shape index (κ1) is 13.4. The first-order chi connectivity index (χ1) is 10.9. The molecular formula is C17H19N3O2. The van der Waals surface area contributed by atoms with Crippen LogP contribution in [0.1, 0.15) is 5.56 Å². The van der Waals surface area contributed by atoms with E-state index in [0.717, 1.165) is 44.2 Å². The van der Waals surface area contributed by atoms with E-state index in [0.29, 0.717) is 6.79 Å². The van der Waals surface area contributed by atoms with Crippen molar-refractivity contribution in [2.24, 2.45) is 0 Å². The minimum atomic E-state index is 0.336. The summed E-state index contributed by atoms with van der Waals surface area (Å²) in [6.45, 7) is 5.49. The zero-order chi connectivity index (χ0) is 14.8. The van der Waals surface area contributed by atoms with Crippen LogP contribution in [-0.2, 0) is 6.54 Å². The van der Waals surface area contributed by atoms with Gasteiger partial charge in [0.25, 0.3) is 0 Å². The molecule has 5 nitrogen and oxygen atoms in total. The number of ether oxygens (including phenoxy) is 2. The van der Waals surface area contributed by atoms with Gasteiger partial charge in [-0.2, -0.15) is 0 Å². The van der Waals surface area contributed by atoms with Crippen LogP contribution in [0.5, 0.6) is 11.5 Å². The number of rotatable bonds is 3. The van der Waals surface area contributed by atoms with Crippen LogP contribution in [-0.4, -0.2) is 42.9 Å². The van der Waals surface area contributed by atoms with Gasteiger partial charge in [-0.1, -0.05) is 6.07 Å². The normalized spacial score (nSPS) is 17.7. The zero-order valence-corrected chi connectivity index (χ0v) is 12.4. The summed E-state index contributed by atoms with van der Waals surface area (Å²) in [6, 6.07) is 10.3. The SMILES string of the molecule is c1cncc(N2CCN(Cc3ccc4c(c3)OCO4)CC2)c1. The largest absolute Gasteiger partial charge is 0.454 e.